The average molecular weight is 370 g/mol. The van der Waals surface area contributed by atoms with Crippen LogP contribution in [-0.4, -0.2) is 23.9 Å². The molecule has 1 saturated carbocycles. The first-order chi connectivity index (χ1) is 13.8. The topological polar surface area (TPSA) is 44.1 Å². The third-order valence-corrected chi connectivity index (χ3v) is 5.38. The summed E-state index contributed by atoms with van der Waals surface area (Å²) < 4.78 is 7.85. The molecule has 140 valence electrons. The van der Waals surface area contributed by atoms with Crippen LogP contribution in [0.4, 0.5) is 0 Å². The molecule has 3 aromatic rings. The van der Waals surface area contributed by atoms with Crippen LogP contribution < -0.4 is 10.2 Å². The lowest BCUT2D eigenvalue weighted by atomic mass is 9.89. The summed E-state index contributed by atoms with van der Waals surface area (Å²) in [5.74, 6) is 0.797. The van der Waals surface area contributed by atoms with Crippen molar-refractivity contribution in [3.63, 3.8) is 0 Å². The molecule has 4 rings (SSSR count). The van der Waals surface area contributed by atoms with E-state index in [4.69, 9.17) is 12.6 Å². The number of rotatable bonds is 6. The fourth-order valence-electron chi connectivity index (χ4n) is 3.88. The van der Waals surface area contributed by atoms with Gasteiger partial charge in [0.1, 0.15) is 25.9 Å². The zero-order valence-corrected chi connectivity index (χ0v) is 15.9. The van der Waals surface area contributed by atoms with Crippen molar-refractivity contribution >= 4 is 19.6 Å². The Morgan fingerprint density at radius 2 is 1.75 bits per heavy atom. The quantitative estimate of drug-likeness (QED) is 0.482. The fourth-order valence-corrected chi connectivity index (χ4v) is 3.88. The van der Waals surface area contributed by atoms with Gasteiger partial charge in [0.05, 0.1) is 11.7 Å². The predicted octanol–water partition coefficient (Wildman–Crippen LogP) is 4.24. The van der Waals surface area contributed by atoms with Crippen LogP contribution in [0.3, 0.4) is 0 Å². The van der Waals surface area contributed by atoms with Crippen molar-refractivity contribution in [3.8, 4) is 17.0 Å². The molecule has 2 radical (unpaired) electrons. The molecular weight excluding hydrogens is 347 g/mol. The van der Waals surface area contributed by atoms with Crippen molar-refractivity contribution in [2.45, 2.75) is 44.8 Å². The van der Waals surface area contributed by atoms with Crippen LogP contribution in [0.2, 0.25) is 0 Å². The van der Waals surface area contributed by atoms with E-state index in [-0.39, 0.29) is 0 Å². The molecule has 1 fully saturated rings. The number of ether oxygens (including phenoxy) is 1. The maximum Gasteiger partial charge on any atom is 0.169 e. The van der Waals surface area contributed by atoms with Gasteiger partial charge in [-0.2, -0.15) is 5.10 Å². The number of nitrogens with zero attached hydrogens (tertiary/aromatic N) is 2. The summed E-state index contributed by atoms with van der Waals surface area (Å²) in [5.41, 5.74) is 3.70. The molecule has 4 nitrogen and oxygen atoms in total. The van der Waals surface area contributed by atoms with Gasteiger partial charge in [0, 0.05) is 0 Å². The van der Waals surface area contributed by atoms with Crippen molar-refractivity contribution in [2.75, 3.05) is 0 Å². The summed E-state index contributed by atoms with van der Waals surface area (Å²) in [6.45, 7) is 0.525. The highest BCUT2D eigenvalue weighted by Gasteiger charge is 2.23. The second kappa shape index (κ2) is 8.47. The van der Waals surface area contributed by atoms with Crippen LogP contribution in [0.5, 0.6) is 5.75 Å². The zero-order chi connectivity index (χ0) is 19.3. The van der Waals surface area contributed by atoms with E-state index in [1.807, 2.05) is 59.3 Å². The molecule has 0 amide bonds. The van der Waals surface area contributed by atoms with E-state index in [1.54, 1.807) is 0 Å². The SMILES string of the molecule is [B]c1c(C=O)nn(C2CCCCC2)c1-c1ccc(OCc2ccccc2)cc1. The first-order valence-corrected chi connectivity index (χ1v) is 9.86. The molecule has 0 atom stereocenters. The van der Waals surface area contributed by atoms with Crippen LogP contribution in [0.1, 0.15) is 54.2 Å². The standard InChI is InChI=1S/C23H23BN2O2/c24-22-21(15-27)25-26(19-9-5-2-6-10-19)23(22)18-11-13-20(14-12-18)28-16-17-7-3-1-4-8-17/h1,3-4,7-8,11-15,19H,2,5-6,9-10,16H2. The number of carbonyl (C=O) groups is 1. The van der Waals surface area contributed by atoms with Gasteiger partial charge in [0.15, 0.2) is 6.29 Å². The summed E-state index contributed by atoms with van der Waals surface area (Å²) >= 11 is 0. The monoisotopic (exact) mass is 370 g/mol. The van der Waals surface area contributed by atoms with Crippen molar-refractivity contribution in [1.29, 1.82) is 0 Å². The van der Waals surface area contributed by atoms with Crippen molar-refractivity contribution < 1.29 is 9.53 Å². The Morgan fingerprint density at radius 1 is 1.04 bits per heavy atom. The van der Waals surface area contributed by atoms with Gasteiger partial charge in [-0.05, 0) is 53.7 Å². The average Bonchev–Trinajstić information content (AvgIpc) is 3.10. The van der Waals surface area contributed by atoms with Gasteiger partial charge in [-0.3, -0.25) is 9.48 Å². The molecular formula is C23H23BN2O2. The van der Waals surface area contributed by atoms with Crippen molar-refractivity contribution in [2.24, 2.45) is 0 Å². The zero-order valence-electron chi connectivity index (χ0n) is 15.9. The normalized spacial score (nSPS) is 14.7. The van der Waals surface area contributed by atoms with Crippen LogP contribution >= 0.6 is 0 Å². The molecule has 5 heteroatoms. The van der Waals surface area contributed by atoms with Crippen LogP contribution in [-0.2, 0) is 6.61 Å². The Hall–Kier alpha value is -2.82. The molecule has 2 aromatic carbocycles. The maximum absolute atomic E-state index is 11.4. The fraction of sp³-hybridized carbons (Fsp3) is 0.304. The minimum atomic E-state index is 0.300. The first-order valence-electron chi connectivity index (χ1n) is 9.86. The Labute approximate surface area is 166 Å². The lowest BCUT2D eigenvalue weighted by molar-refractivity contribution is 0.111. The minimum Gasteiger partial charge on any atom is -0.489 e. The third-order valence-electron chi connectivity index (χ3n) is 5.38. The van der Waals surface area contributed by atoms with Crippen molar-refractivity contribution in [1.82, 2.24) is 9.78 Å². The highest BCUT2D eigenvalue weighted by atomic mass is 16.5. The Morgan fingerprint density at radius 3 is 2.43 bits per heavy atom. The van der Waals surface area contributed by atoms with Gasteiger partial charge in [-0.15, -0.1) is 0 Å². The van der Waals surface area contributed by atoms with E-state index in [0.717, 1.165) is 41.7 Å². The summed E-state index contributed by atoms with van der Waals surface area (Å²) in [5, 5.41) is 4.52. The number of hydrogen-bond donors (Lipinski definition) is 0. The van der Waals surface area contributed by atoms with Crippen LogP contribution in [0.25, 0.3) is 11.3 Å². The number of aromatic nitrogens is 2. The summed E-state index contributed by atoms with van der Waals surface area (Å²) in [6, 6.07) is 18.2. The van der Waals surface area contributed by atoms with Gasteiger partial charge >= 0.3 is 0 Å². The molecule has 0 aliphatic heterocycles. The molecule has 0 saturated heterocycles. The number of benzene rings is 2. The largest absolute Gasteiger partial charge is 0.489 e. The van der Waals surface area contributed by atoms with Gasteiger partial charge in [-0.1, -0.05) is 49.6 Å². The number of aldehydes is 1. The molecule has 0 N–H and O–H groups in total. The van der Waals surface area contributed by atoms with E-state index in [2.05, 4.69) is 5.10 Å². The summed E-state index contributed by atoms with van der Waals surface area (Å²) in [4.78, 5) is 11.4. The maximum atomic E-state index is 11.4. The van der Waals surface area contributed by atoms with E-state index in [0.29, 0.717) is 23.8 Å². The van der Waals surface area contributed by atoms with Gasteiger partial charge < -0.3 is 4.74 Å². The molecule has 1 aromatic heterocycles. The van der Waals surface area contributed by atoms with Crippen LogP contribution in [0, 0.1) is 0 Å². The first kappa shape index (κ1) is 18.5. The highest BCUT2D eigenvalue weighted by molar-refractivity contribution is 6.38. The molecule has 28 heavy (non-hydrogen) atoms. The Kier molecular flexibility index (Phi) is 5.61. The Balaban J connectivity index is 1.58. The van der Waals surface area contributed by atoms with Crippen molar-refractivity contribution in [3.05, 3.63) is 65.9 Å². The van der Waals surface area contributed by atoms with E-state index < -0.39 is 0 Å². The molecule has 1 heterocycles. The molecule has 1 aliphatic carbocycles. The number of hydrogen-bond acceptors (Lipinski definition) is 3. The second-order valence-corrected chi connectivity index (χ2v) is 7.30. The lowest BCUT2D eigenvalue weighted by Crippen LogP contribution is -2.17. The summed E-state index contributed by atoms with van der Waals surface area (Å²) in [6.07, 6.45) is 6.53. The van der Waals surface area contributed by atoms with Gasteiger partial charge in [0.25, 0.3) is 0 Å². The minimum absolute atomic E-state index is 0.300. The summed E-state index contributed by atoms with van der Waals surface area (Å²) in [7, 11) is 6.28. The smallest absolute Gasteiger partial charge is 0.169 e. The highest BCUT2D eigenvalue weighted by Crippen LogP contribution is 2.32. The van der Waals surface area contributed by atoms with E-state index in [9.17, 15) is 4.79 Å². The van der Waals surface area contributed by atoms with Gasteiger partial charge in [0.2, 0.25) is 0 Å². The predicted molar refractivity (Wildman–Crippen MR) is 111 cm³/mol. The molecule has 0 spiro atoms. The van der Waals surface area contributed by atoms with E-state index >= 15 is 0 Å². The molecule has 0 bridgehead atoms. The second-order valence-electron chi connectivity index (χ2n) is 7.30. The number of carbonyl (C=O) groups excluding carboxylic acids is 1. The Bertz CT molecular complexity index is 929. The third kappa shape index (κ3) is 3.89. The molecule has 1 aliphatic rings. The molecule has 0 unspecified atom stereocenters. The van der Waals surface area contributed by atoms with Gasteiger partial charge in [-0.25, -0.2) is 0 Å². The lowest BCUT2D eigenvalue weighted by Gasteiger charge is -2.24. The van der Waals surface area contributed by atoms with Crippen LogP contribution in [0.15, 0.2) is 54.6 Å². The van der Waals surface area contributed by atoms with E-state index in [1.165, 1.54) is 19.3 Å².